The topological polar surface area (TPSA) is 75.9 Å². The first kappa shape index (κ1) is 20.8. The summed E-state index contributed by atoms with van der Waals surface area (Å²) in [7, 11) is 0. The molecule has 2 aliphatic rings. The molecular formula is C22H33N3O3. The van der Waals surface area contributed by atoms with Gasteiger partial charge in [-0.1, -0.05) is 26.0 Å². The van der Waals surface area contributed by atoms with Gasteiger partial charge in [-0.3, -0.25) is 9.59 Å². The lowest BCUT2D eigenvalue weighted by Crippen LogP contribution is -2.45. The van der Waals surface area contributed by atoms with Gasteiger partial charge in [0.05, 0.1) is 6.10 Å². The fourth-order valence-electron chi connectivity index (χ4n) is 4.00. The van der Waals surface area contributed by atoms with Gasteiger partial charge < -0.3 is 20.3 Å². The quantitative estimate of drug-likeness (QED) is 0.576. The van der Waals surface area contributed by atoms with Crippen LogP contribution in [0.25, 0.3) is 0 Å². The number of carbonyl (C=O) groups excluding carboxylic acids is 2. The minimum atomic E-state index is -0.542. The molecule has 0 aromatic heterocycles. The van der Waals surface area contributed by atoms with E-state index in [1.165, 1.54) is 5.56 Å². The number of amides is 2. The van der Waals surface area contributed by atoms with Crippen LogP contribution in [-0.2, 0) is 14.3 Å². The van der Waals surface area contributed by atoms with Crippen LogP contribution in [0.4, 0.5) is 5.69 Å². The first-order valence-electron chi connectivity index (χ1n) is 10.5. The Hall–Kier alpha value is -1.92. The number of hydrogen-bond acceptors (Lipinski definition) is 4. The summed E-state index contributed by atoms with van der Waals surface area (Å²) in [5, 5.41) is 0. The predicted molar refractivity (Wildman–Crippen MR) is 110 cm³/mol. The lowest BCUT2D eigenvalue weighted by Gasteiger charge is -2.33. The van der Waals surface area contributed by atoms with Gasteiger partial charge in [-0.2, -0.15) is 0 Å². The highest BCUT2D eigenvalue weighted by molar-refractivity contribution is 6.09. The molecule has 2 fully saturated rings. The summed E-state index contributed by atoms with van der Waals surface area (Å²) in [5.74, 6) is -0.172. The van der Waals surface area contributed by atoms with Crippen molar-refractivity contribution >= 4 is 17.5 Å². The number of ether oxygens (including phenoxy) is 1. The summed E-state index contributed by atoms with van der Waals surface area (Å²) in [6.45, 7) is 7.56. The Bertz CT molecular complexity index is 666. The van der Waals surface area contributed by atoms with Gasteiger partial charge in [0.15, 0.2) is 0 Å². The molecular weight excluding hydrogens is 354 g/mol. The molecule has 154 valence electrons. The number of benzene rings is 1. The third-order valence-electron chi connectivity index (χ3n) is 5.83. The molecule has 0 spiro atoms. The van der Waals surface area contributed by atoms with Crippen molar-refractivity contribution in [1.29, 1.82) is 0 Å². The Morgan fingerprint density at radius 3 is 2.43 bits per heavy atom. The monoisotopic (exact) mass is 387 g/mol. The largest absolute Gasteiger partial charge is 0.378 e. The number of rotatable bonds is 7. The second kappa shape index (κ2) is 9.52. The molecule has 28 heavy (non-hydrogen) atoms. The Kier molecular flexibility index (Phi) is 7.08. The summed E-state index contributed by atoms with van der Waals surface area (Å²) in [6.07, 6.45) is 3.32. The first-order chi connectivity index (χ1) is 13.5. The predicted octanol–water partition coefficient (Wildman–Crippen LogP) is 2.52. The van der Waals surface area contributed by atoms with E-state index in [4.69, 9.17) is 10.5 Å². The Morgan fingerprint density at radius 1 is 1.14 bits per heavy atom. The van der Waals surface area contributed by atoms with Crippen molar-refractivity contribution in [2.45, 2.75) is 51.6 Å². The van der Waals surface area contributed by atoms with Gasteiger partial charge in [-0.15, -0.1) is 0 Å². The average molecular weight is 388 g/mol. The highest BCUT2D eigenvalue weighted by atomic mass is 16.5. The molecule has 6 nitrogen and oxygen atoms in total. The zero-order valence-corrected chi connectivity index (χ0v) is 17.1. The Labute approximate surface area is 168 Å². The number of hydrogen-bond donors (Lipinski definition) is 1. The normalized spacial score (nSPS) is 21.0. The van der Waals surface area contributed by atoms with Crippen LogP contribution in [-0.4, -0.2) is 55.6 Å². The molecule has 2 amide bonds. The summed E-state index contributed by atoms with van der Waals surface area (Å²) in [5.41, 5.74) is 7.63. The molecule has 6 heteroatoms. The van der Waals surface area contributed by atoms with Crippen molar-refractivity contribution in [2.75, 3.05) is 37.7 Å². The van der Waals surface area contributed by atoms with Crippen molar-refractivity contribution in [3.63, 3.8) is 0 Å². The van der Waals surface area contributed by atoms with Gasteiger partial charge in [0.2, 0.25) is 11.8 Å². The van der Waals surface area contributed by atoms with E-state index in [9.17, 15) is 9.59 Å². The molecule has 0 radical (unpaired) electrons. The van der Waals surface area contributed by atoms with Crippen molar-refractivity contribution in [3.05, 3.63) is 29.8 Å². The molecule has 0 saturated carbocycles. The van der Waals surface area contributed by atoms with Gasteiger partial charge in [0, 0.05) is 31.9 Å². The zero-order valence-electron chi connectivity index (χ0n) is 17.1. The maximum absolute atomic E-state index is 12.9. The van der Waals surface area contributed by atoms with Gasteiger partial charge in [0.1, 0.15) is 5.92 Å². The first-order valence-corrected chi connectivity index (χ1v) is 10.5. The number of carbonyl (C=O) groups is 2. The maximum Gasteiger partial charge on any atom is 0.239 e. The fraction of sp³-hybridized carbons (Fsp3) is 0.636. The molecule has 3 rings (SSSR count). The van der Waals surface area contributed by atoms with E-state index in [2.05, 4.69) is 26.0 Å². The van der Waals surface area contributed by atoms with Crippen molar-refractivity contribution < 1.29 is 14.3 Å². The Balaban J connectivity index is 1.54. The van der Waals surface area contributed by atoms with Gasteiger partial charge in [-0.25, -0.2) is 0 Å². The number of anilines is 1. The molecule has 2 heterocycles. The third kappa shape index (κ3) is 4.73. The second-order valence-corrected chi connectivity index (χ2v) is 8.12. The molecule has 1 aromatic rings. The van der Waals surface area contributed by atoms with E-state index < -0.39 is 5.92 Å². The van der Waals surface area contributed by atoms with Crippen LogP contribution < -0.4 is 10.6 Å². The van der Waals surface area contributed by atoms with Gasteiger partial charge in [-0.05, 0) is 55.8 Å². The molecule has 0 aliphatic carbocycles. The van der Waals surface area contributed by atoms with Crippen LogP contribution in [0.5, 0.6) is 0 Å². The van der Waals surface area contributed by atoms with Crippen LogP contribution in [0, 0.1) is 5.92 Å². The van der Waals surface area contributed by atoms with Crippen molar-refractivity contribution in [2.24, 2.45) is 11.7 Å². The molecule has 0 bridgehead atoms. The molecule has 2 N–H and O–H groups in total. The van der Waals surface area contributed by atoms with Gasteiger partial charge >= 0.3 is 0 Å². The minimum Gasteiger partial charge on any atom is -0.378 e. The van der Waals surface area contributed by atoms with E-state index in [1.807, 2.05) is 17.0 Å². The van der Waals surface area contributed by atoms with Crippen molar-refractivity contribution in [3.8, 4) is 0 Å². The van der Waals surface area contributed by atoms with E-state index in [-0.39, 0.29) is 17.9 Å². The standard InChI is InChI=1S/C22H33N3O3/c1-16(2)17-4-6-18(7-5-17)25-14-10-20(22(25)27)21(26)24-12-8-19(9-13-24)28-15-3-11-23/h4-7,16,19-20H,3,8-15,23H2,1-2H3. The number of nitrogens with zero attached hydrogens (tertiary/aromatic N) is 2. The molecule has 1 aromatic carbocycles. The van der Waals surface area contributed by atoms with Crippen LogP contribution in [0.15, 0.2) is 24.3 Å². The minimum absolute atomic E-state index is 0.0216. The zero-order chi connectivity index (χ0) is 20.1. The van der Waals surface area contributed by atoms with Crippen LogP contribution in [0.2, 0.25) is 0 Å². The fourth-order valence-corrected chi connectivity index (χ4v) is 4.00. The van der Waals surface area contributed by atoms with Crippen LogP contribution in [0.3, 0.4) is 0 Å². The van der Waals surface area contributed by atoms with E-state index in [0.29, 0.717) is 45.1 Å². The number of nitrogens with two attached hydrogens (primary N) is 1. The number of likely N-dealkylation sites (tertiary alicyclic amines) is 1. The van der Waals surface area contributed by atoms with E-state index in [1.54, 1.807) is 4.90 Å². The maximum atomic E-state index is 12.9. The van der Waals surface area contributed by atoms with Crippen molar-refractivity contribution in [1.82, 2.24) is 4.90 Å². The average Bonchev–Trinajstić information content (AvgIpc) is 3.09. The van der Waals surface area contributed by atoms with Crippen LogP contribution >= 0.6 is 0 Å². The summed E-state index contributed by atoms with van der Waals surface area (Å²) >= 11 is 0. The van der Waals surface area contributed by atoms with E-state index >= 15 is 0 Å². The Morgan fingerprint density at radius 2 is 1.82 bits per heavy atom. The lowest BCUT2D eigenvalue weighted by molar-refractivity contribution is -0.141. The SMILES string of the molecule is CC(C)c1ccc(N2CCC(C(=O)N3CCC(OCCCN)CC3)C2=O)cc1. The summed E-state index contributed by atoms with van der Waals surface area (Å²) < 4.78 is 5.81. The number of piperidine rings is 1. The lowest BCUT2D eigenvalue weighted by atomic mass is 10.0. The third-order valence-corrected chi connectivity index (χ3v) is 5.83. The molecule has 1 unspecified atom stereocenters. The van der Waals surface area contributed by atoms with Gasteiger partial charge in [0.25, 0.3) is 0 Å². The summed E-state index contributed by atoms with van der Waals surface area (Å²) in [4.78, 5) is 29.4. The highest BCUT2D eigenvalue weighted by Gasteiger charge is 2.40. The highest BCUT2D eigenvalue weighted by Crippen LogP contribution is 2.29. The smallest absolute Gasteiger partial charge is 0.239 e. The molecule has 2 saturated heterocycles. The van der Waals surface area contributed by atoms with E-state index in [0.717, 1.165) is 24.9 Å². The molecule has 2 aliphatic heterocycles. The van der Waals surface area contributed by atoms with Crippen LogP contribution in [0.1, 0.15) is 51.0 Å². The molecule has 1 atom stereocenters. The summed E-state index contributed by atoms with van der Waals surface area (Å²) in [6, 6.07) is 8.12. The second-order valence-electron chi connectivity index (χ2n) is 8.12.